The molecule has 4 atom stereocenters. The zero-order valence-corrected chi connectivity index (χ0v) is 27.3. The van der Waals surface area contributed by atoms with Crippen LogP contribution >= 0.6 is 0 Å². The van der Waals surface area contributed by atoms with Crippen molar-refractivity contribution in [3.05, 3.63) is 71.6 Å². The second-order valence-electron chi connectivity index (χ2n) is 13.1. The molecule has 0 bridgehead atoms. The molecule has 4 aromatic rings. The lowest BCUT2D eigenvalue weighted by atomic mass is 10.0. The van der Waals surface area contributed by atoms with Crippen LogP contribution in [0.3, 0.4) is 0 Å². The summed E-state index contributed by atoms with van der Waals surface area (Å²) in [5.74, 6) is -1.19. The summed E-state index contributed by atoms with van der Waals surface area (Å²) in [6, 6.07) is 9.06. The average Bonchev–Trinajstić information content (AvgIpc) is 3.76. The van der Waals surface area contributed by atoms with Crippen molar-refractivity contribution >= 4 is 39.8 Å². The summed E-state index contributed by atoms with van der Waals surface area (Å²) in [7, 11) is 0. The van der Waals surface area contributed by atoms with Crippen LogP contribution in [-0.4, -0.2) is 75.9 Å². The number of rotatable bonds is 6. The molecule has 1 amide bonds. The van der Waals surface area contributed by atoms with E-state index in [-0.39, 0.29) is 41.8 Å². The lowest BCUT2D eigenvalue weighted by Crippen LogP contribution is -2.44. The molecule has 3 N–H and O–H groups in total. The fraction of sp³-hybridized carbons (Fsp3) is 0.457. The number of halogens is 2. The van der Waals surface area contributed by atoms with Crippen molar-refractivity contribution in [2.75, 3.05) is 13.1 Å². The third-order valence-electron chi connectivity index (χ3n) is 8.36. The Kier molecular flexibility index (Phi) is 10.2. The van der Waals surface area contributed by atoms with Gasteiger partial charge in [0.15, 0.2) is 0 Å². The SMILES string of the molecule is CC(=O)O[C@H]1CCN(C(=O)OC(C)(C)C)[C@@H]1Cc1c[nH]c2cc(F)ccc12.CC(=O)O[C@H]1CCN[C@@H]1Cc1c[nH]c2cc(F)ccc12. The lowest BCUT2D eigenvalue weighted by molar-refractivity contribution is -0.148. The number of aromatic amines is 2. The topological polar surface area (TPSA) is 126 Å². The van der Waals surface area contributed by atoms with Crippen molar-refractivity contribution in [2.24, 2.45) is 0 Å². The van der Waals surface area contributed by atoms with Gasteiger partial charge in [-0.05, 0) is 94.1 Å². The van der Waals surface area contributed by atoms with Crippen molar-refractivity contribution in [3.8, 4) is 0 Å². The van der Waals surface area contributed by atoms with E-state index in [0.29, 0.717) is 24.9 Å². The molecular weight excluding hydrogens is 610 g/mol. The maximum atomic E-state index is 13.4. The zero-order chi connectivity index (χ0) is 33.9. The molecule has 6 rings (SSSR count). The van der Waals surface area contributed by atoms with Crippen LogP contribution in [0, 0.1) is 11.6 Å². The second-order valence-corrected chi connectivity index (χ2v) is 13.1. The van der Waals surface area contributed by atoms with E-state index in [9.17, 15) is 23.2 Å². The fourth-order valence-electron chi connectivity index (χ4n) is 6.38. The predicted molar refractivity (Wildman–Crippen MR) is 173 cm³/mol. The van der Waals surface area contributed by atoms with Crippen LogP contribution in [-0.2, 0) is 36.6 Å². The van der Waals surface area contributed by atoms with Crippen LogP contribution in [0.5, 0.6) is 0 Å². The van der Waals surface area contributed by atoms with Gasteiger partial charge in [0.2, 0.25) is 0 Å². The van der Waals surface area contributed by atoms with Gasteiger partial charge < -0.3 is 34.4 Å². The van der Waals surface area contributed by atoms with E-state index in [2.05, 4.69) is 15.3 Å². The van der Waals surface area contributed by atoms with Gasteiger partial charge in [0.25, 0.3) is 0 Å². The molecule has 12 heteroatoms. The minimum Gasteiger partial charge on any atom is -0.461 e. The van der Waals surface area contributed by atoms with Crippen molar-refractivity contribution in [1.29, 1.82) is 0 Å². The van der Waals surface area contributed by atoms with Crippen molar-refractivity contribution in [3.63, 3.8) is 0 Å². The Hall–Kier alpha value is -4.45. The van der Waals surface area contributed by atoms with Gasteiger partial charge in [-0.15, -0.1) is 0 Å². The number of benzene rings is 2. The summed E-state index contributed by atoms with van der Waals surface area (Å²) >= 11 is 0. The molecule has 0 aliphatic carbocycles. The van der Waals surface area contributed by atoms with Gasteiger partial charge in [0, 0.05) is 67.1 Å². The normalized spacial score (nSPS) is 21.0. The van der Waals surface area contributed by atoms with E-state index < -0.39 is 17.8 Å². The maximum Gasteiger partial charge on any atom is 0.410 e. The smallest absolute Gasteiger partial charge is 0.410 e. The van der Waals surface area contributed by atoms with E-state index in [1.807, 2.05) is 27.0 Å². The first-order valence-corrected chi connectivity index (χ1v) is 15.9. The van der Waals surface area contributed by atoms with Crippen molar-refractivity contribution in [1.82, 2.24) is 20.2 Å². The third-order valence-corrected chi connectivity index (χ3v) is 8.36. The summed E-state index contributed by atoms with van der Waals surface area (Å²) in [4.78, 5) is 43.0. The molecule has 0 radical (unpaired) electrons. The lowest BCUT2D eigenvalue weighted by Gasteiger charge is -2.30. The Labute approximate surface area is 272 Å². The molecule has 47 heavy (non-hydrogen) atoms. The molecule has 2 saturated heterocycles. The van der Waals surface area contributed by atoms with Gasteiger partial charge in [-0.3, -0.25) is 9.59 Å². The minimum absolute atomic E-state index is 0.0853. The number of esters is 2. The Balaban J connectivity index is 0.000000193. The maximum absolute atomic E-state index is 13.4. The molecule has 0 saturated carbocycles. The third kappa shape index (κ3) is 8.48. The number of carbonyl (C=O) groups is 3. The first-order chi connectivity index (χ1) is 22.3. The Morgan fingerprint density at radius 1 is 0.830 bits per heavy atom. The number of ether oxygens (including phenoxy) is 3. The Morgan fingerprint density at radius 2 is 1.38 bits per heavy atom. The summed E-state index contributed by atoms with van der Waals surface area (Å²) in [5, 5.41) is 5.26. The van der Waals surface area contributed by atoms with E-state index in [1.54, 1.807) is 23.2 Å². The standard InChI is InChI=1S/C20H25FN2O4.C15H17FN2O2/c1-12(24)26-18-7-8-23(19(25)27-20(2,3)4)17(18)9-13-11-22-16-10-14(21)5-6-15(13)16;1-9(19)20-15-4-5-17-14(15)6-10-8-18-13-7-11(16)2-3-12(10)13/h5-6,10-11,17-18,22H,7-9H2,1-4H3;2-3,7-8,14-15,17-18H,4-6H2,1H3/t17-,18+;14-,15+/m11/s1. The Morgan fingerprint density at radius 3 is 1.94 bits per heavy atom. The largest absolute Gasteiger partial charge is 0.461 e. The van der Waals surface area contributed by atoms with Gasteiger partial charge in [0.1, 0.15) is 29.4 Å². The molecule has 2 aliphatic rings. The number of carbonyl (C=O) groups excluding carboxylic acids is 3. The number of aromatic nitrogens is 2. The van der Waals surface area contributed by atoms with E-state index >= 15 is 0 Å². The average molecular weight is 653 g/mol. The molecule has 4 heterocycles. The molecular formula is C35H42F2N4O6. The number of H-pyrrole nitrogens is 2. The summed E-state index contributed by atoms with van der Waals surface area (Å²) < 4.78 is 42.9. The minimum atomic E-state index is -0.612. The van der Waals surface area contributed by atoms with Crippen LogP contribution in [0.1, 0.15) is 58.6 Å². The number of hydrogen-bond acceptors (Lipinski definition) is 7. The van der Waals surface area contributed by atoms with Gasteiger partial charge in [-0.1, -0.05) is 0 Å². The van der Waals surface area contributed by atoms with Crippen LogP contribution in [0.15, 0.2) is 48.8 Å². The second kappa shape index (κ2) is 14.1. The van der Waals surface area contributed by atoms with Crippen molar-refractivity contribution in [2.45, 2.75) is 90.2 Å². The van der Waals surface area contributed by atoms with Gasteiger partial charge >= 0.3 is 18.0 Å². The van der Waals surface area contributed by atoms with E-state index in [0.717, 1.165) is 46.8 Å². The van der Waals surface area contributed by atoms with Gasteiger partial charge in [0.05, 0.1) is 6.04 Å². The number of likely N-dealkylation sites (tertiary alicyclic amines) is 1. The van der Waals surface area contributed by atoms with Crippen molar-refractivity contribution < 1.29 is 37.4 Å². The predicted octanol–water partition coefficient (Wildman–Crippen LogP) is 5.93. The van der Waals surface area contributed by atoms with Crippen LogP contribution in [0.25, 0.3) is 21.8 Å². The number of hydrogen-bond donors (Lipinski definition) is 3. The molecule has 0 unspecified atom stereocenters. The monoisotopic (exact) mass is 652 g/mol. The number of nitrogens with zero attached hydrogens (tertiary/aromatic N) is 1. The fourth-order valence-corrected chi connectivity index (χ4v) is 6.38. The molecule has 2 aliphatic heterocycles. The molecule has 0 spiro atoms. The van der Waals surface area contributed by atoms with E-state index in [4.69, 9.17) is 14.2 Å². The highest BCUT2D eigenvalue weighted by atomic mass is 19.1. The number of nitrogens with one attached hydrogen (secondary N) is 3. The van der Waals surface area contributed by atoms with Gasteiger partial charge in [-0.25, -0.2) is 13.6 Å². The number of fused-ring (bicyclic) bond motifs is 2. The van der Waals surface area contributed by atoms with E-state index in [1.165, 1.54) is 38.1 Å². The highest BCUT2D eigenvalue weighted by Gasteiger charge is 2.41. The first kappa shape index (κ1) is 33.9. The summed E-state index contributed by atoms with van der Waals surface area (Å²) in [6.45, 7) is 9.54. The molecule has 2 aromatic carbocycles. The zero-order valence-electron chi connectivity index (χ0n) is 27.3. The molecule has 2 fully saturated rings. The quantitative estimate of drug-likeness (QED) is 0.174. The van der Waals surface area contributed by atoms with Crippen LogP contribution in [0.4, 0.5) is 13.6 Å². The van der Waals surface area contributed by atoms with Gasteiger partial charge in [-0.2, -0.15) is 0 Å². The summed E-state index contributed by atoms with van der Waals surface area (Å²) in [5.41, 5.74) is 2.91. The summed E-state index contributed by atoms with van der Waals surface area (Å²) in [6.07, 6.45) is 5.41. The Bertz CT molecular complexity index is 1740. The van der Waals surface area contributed by atoms with Crippen LogP contribution in [0.2, 0.25) is 0 Å². The molecule has 252 valence electrons. The highest BCUT2D eigenvalue weighted by Crippen LogP contribution is 2.30. The molecule has 2 aromatic heterocycles. The highest BCUT2D eigenvalue weighted by molar-refractivity contribution is 5.84. The molecule has 10 nitrogen and oxygen atoms in total. The first-order valence-electron chi connectivity index (χ1n) is 15.9. The van der Waals surface area contributed by atoms with Crippen LogP contribution < -0.4 is 5.32 Å². The number of amides is 1.